The van der Waals surface area contributed by atoms with Gasteiger partial charge in [0.15, 0.2) is 0 Å². The van der Waals surface area contributed by atoms with Crippen molar-refractivity contribution in [3.63, 3.8) is 0 Å². The average Bonchev–Trinajstić information content (AvgIpc) is 2.57. The fourth-order valence-electron chi connectivity index (χ4n) is 2.68. The van der Waals surface area contributed by atoms with E-state index in [1.165, 1.54) is 0 Å². The fourth-order valence-corrected chi connectivity index (χ4v) is 2.68. The first-order valence-electron chi connectivity index (χ1n) is 7.94. The summed E-state index contributed by atoms with van der Waals surface area (Å²) >= 11 is 0. The van der Waals surface area contributed by atoms with Crippen molar-refractivity contribution in [3.05, 3.63) is 65.7 Å². The third-order valence-corrected chi connectivity index (χ3v) is 4.10. The molecule has 0 saturated heterocycles. The Kier molecular flexibility index (Phi) is 6.35. The molecule has 3 atom stereocenters. The predicted octanol–water partition coefficient (Wildman–Crippen LogP) is 1.96. The summed E-state index contributed by atoms with van der Waals surface area (Å²) in [7, 11) is 0. The van der Waals surface area contributed by atoms with Crippen LogP contribution in [-0.2, 0) is 17.6 Å². The largest absolute Gasteiger partial charge is 0.508 e. The maximum absolute atomic E-state index is 11.5. The lowest BCUT2D eigenvalue weighted by Crippen LogP contribution is -2.39. The number of aliphatic hydroxyl groups excluding tert-OH is 1. The highest BCUT2D eigenvalue weighted by Crippen LogP contribution is 2.18. The molecule has 2 aromatic carbocycles. The van der Waals surface area contributed by atoms with Gasteiger partial charge in [0.05, 0.1) is 12.0 Å². The van der Waals surface area contributed by atoms with Gasteiger partial charge in [-0.15, -0.1) is 0 Å². The van der Waals surface area contributed by atoms with E-state index in [0.29, 0.717) is 12.8 Å². The van der Waals surface area contributed by atoms with Gasteiger partial charge in [-0.2, -0.15) is 0 Å². The average molecular weight is 329 g/mol. The first kappa shape index (κ1) is 18.0. The summed E-state index contributed by atoms with van der Waals surface area (Å²) in [5.41, 5.74) is 7.83. The lowest BCUT2D eigenvalue weighted by atomic mass is 9.90. The number of aromatic hydroxyl groups is 1. The number of benzene rings is 2. The zero-order valence-corrected chi connectivity index (χ0v) is 13.4. The van der Waals surface area contributed by atoms with Gasteiger partial charge in [-0.25, -0.2) is 0 Å². The maximum Gasteiger partial charge on any atom is 0.306 e. The number of carbonyl (C=O) groups is 1. The van der Waals surface area contributed by atoms with Crippen LogP contribution in [0.15, 0.2) is 54.6 Å². The summed E-state index contributed by atoms with van der Waals surface area (Å²) in [6.07, 6.45) is -0.0366. The number of phenols is 1. The van der Waals surface area contributed by atoms with E-state index in [0.717, 1.165) is 11.1 Å². The molecule has 0 saturated carbocycles. The van der Waals surface area contributed by atoms with Gasteiger partial charge in [0, 0.05) is 6.04 Å². The molecule has 0 aliphatic carbocycles. The van der Waals surface area contributed by atoms with Crippen molar-refractivity contribution in [2.45, 2.75) is 31.4 Å². The second-order valence-electron chi connectivity index (χ2n) is 6.06. The van der Waals surface area contributed by atoms with Crippen molar-refractivity contribution in [1.82, 2.24) is 0 Å². The first-order valence-corrected chi connectivity index (χ1v) is 7.94. The molecule has 0 radical (unpaired) electrons. The monoisotopic (exact) mass is 329 g/mol. The zero-order chi connectivity index (χ0) is 17.5. The van der Waals surface area contributed by atoms with Gasteiger partial charge in [-0.05, 0) is 42.5 Å². The van der Waals surface area contributed by atoms with Gasteiger partial charge in [-0.3, -0.25) is 4.79 Å². The SMILES string of the molecule is N[C@@H](Cc1ccc(O)cc1)[C@@H](O)C[C@@H](Cc1ccccc1)C(=O)O. The molecular formula is C19H23NO4. The van der Waals surface area contributed by atoms with E-state index in [4.69, 9.17) is 5.73 Å². The number of nitrogens with two attached hydrogens (primary N) is 1. The molecule has 0 heterocycles. The minimum Gasteiger partial charge on any atom is -0.508 e. The smallest absolute Gasteiger partial charge is 0.306 e. The van der Waals surface area contributed by atoms with E-state index in [1.807, 2.05) is 30.3 Å². The molecule has 0 spiro atoms. The van der Waals surface area contributed by atoms with Crippen LogP contribution in [0.4, 0.5) is 0 Å². The number of carboxylic acid groups (broad SMARTS) is 1. The number of aliphatic hydroxyl groups is 1. The van der Waals surface area contributed by atoms with E-state index < -0.39 is 24.0 Å². The third kappa shape index (κ3) is 5.37. The maximum atomic E-state index is 11.5. The zero-order valence-electron chi connectivity index (χ0n) is 13.4. The predicted molar refractivity (Wildman–Crippen MR) is 91.7 cm³/mol. The number of phenolic OH excluding ortho intramolecular Hbond substituents is 1. The van der Waals surface area contributed by atoms with Crippen molar-refractivity contribution in [1.29, 1.82) is 0 Å². The normalized spacial score (nSPS) is 14.8. The molecule has 0 aliphatic rings. The lowest BCUT2D eigenvalue weighted by Gasteiger charge is -2.22. The molecule has 0 bridgehead atoms. The van der Waals surface area contributed by atoms with E-state index in [1.54, 1.807) is 24.3 Å². The summed E-state index contributed by atoms with van der Waals surface area (Å²) in [6, 6.07) is 15.4. The molecule has 0 unspecified atom stereocenters. The number of rotatable bonds is 8. The standard InChI is InChI=1S/C19H23NO4/c20-17(11-14-6-8-16(21)9-7-14)18(22)12-15(19(23)24)10-13-4-2-1-3-5-13/h1-9,15,17-18,21-22H,10-12,20H2,(H,23,24)/t15-,17+,18+/m1/s1. The number of hydrogen-bond donors (Lipinski definition) is 4. The lowest BCUT2D eigenvalue weighted by molar-refractivity contribution is -0.142. The molecule has 5 heteroatoms. The van der Waals surface area contributed by atoms with E-state index in [-0.39, 0.29) is 12.2 Å². The molecule has 0 amide bonds. The van der Waals surface area contributed by atoms with Crippen molar-refractivity contribution in [2.75, 3.05) is 0 Å². The Bertz CT molecular complexity index is 642. The first-order chi connectivity index (χ1) is 11.5. The van der Waals surface area contributed by atoms with Gasteiger partial charge < -0.3 is 21.1 Å². The van der Waals surface area contributed by atoms with E-state index >= 15 is 0 Å². The summed E-state index contributed by atoms with van der Waals surface area (Å²) in [5, 5.41) is 29.0. The molecule has 0 aromatic heterocycles. The summed E-state index contributed by atoms with van der Waals surface area (Å²) in [6.45, 7) is 0. The van der Waals surface area contributed by atoms with Crippen LogP contribution < -0.4 is 5.73 Å². The minimum atomic E-state index is -0.935. The Morgan fingerprint density at radius 3 is 2.12 bits per heavy atom. The minimum absolute atomic E-state index is 0.101. The highest BCUT2D eigenvalue weighted by molar-refractivity contribution is 5.70. The highest BCUT2D eigenvalue weighted by Gasteiger charge is 2.25. The molecule has 2 rings (SSSR count). The van der Waals surface area contributed by atoms with Crippen LogP contribution in [0, 0.1) is 5.92 Å². The molecule has 5 nitrogen and oxygen atoms in total. The third-order valence-electron chi connectivity index (χ3n) is 4.10. The van der Waals surface area contributed by atoms with Gasteiger partial charge in [-0.1, -0.05) is 42.5 Å². The molecule has 2 aromatic rings. The molecular weight excluding hydrogens is 306 g/mol. The molecule has 0 aliphatic heterocycles. The van der Waals surface area contributed by atoms with Crippen molar-refractivity contribution in [2.24, 2.45) is 11.7 Å². The molecule has 24 heavy (non-hydrogen) atoms. The Hall–Kier alpha value is -2.37. The van der Waals surface area contributed by atoms with Gasteiger partial charge in [0.2, 0.25) is 0 Å². The molecule has 0 fully saturated rings. The fraction of sp³-hybridized carbons (Fsp3) is 0.316. The summed E-state index contributed by atoms with van der Waals surface area (Å²) in [4.78, 5) is 11.5. The summed E-state index contributed by atoms with van der Waals surface area (Å²) < 4.78 is 0. The number of carboxylic acids is 1. The second kappa shape index (κ2) is 8.47. The van der Waals surface area contributed by atoms with Crippen LogP contribution >= 0.6 is 0 Å². The Morgan fingerprint density at radius 1 is 0.958 bits per heavy atom. The Morgan fingerprint density at radius 2 is 1.54 bits per heavy atom. The van der Waals surface area contributed by atoms with Gasteiger partial charge in [0.1, 0.15) is 5.75 Å². The number of hydrogen-bond acceptors (Lipinski definition) is 4. The highest BCUT2D eigenvalue weighted by atomic mass is 16.4. The number of aliphatic carboxylic acids is 1. The van der Waals surface area contributed by atoms with Crippen molar-refractivity contribution in [3.8, 4) is 5.75 Å². The molecule has 5 N–H and O–H groups in total. The van der Waals surface area contributed by atoms with Crippen LogP contribution in [0.5, 0.6) is 5.75 Å². The van der Waals surface area contributed by atoms with Crippen molar-refractivity contribution >= 4 is 5.97 Å². The van der Waals surface area contributed by atoms with Crippen LogP contribution in [0.2, 0.25) is 0 Å². The van der Waals surface area contributed by atoms with Crippen LogP contribution in [0.25, 0.3) is 0 Å². The quantitative estimate of drug-likeness (QED) is 0.593. The second-order valence-corrected chi connectivity index (χ2v) is 6.06. The van der Waals surface area contributed by atoms with Gasteiger partial charge >= 0.3 is 5.97 Å². The summed E-state index contributed by atoms with van der Waals surface area (Å²) in [5.74, 6) is -1.45. The topological polar surface area (TPSA) is 104 Å². The van der Waals surface area contributed by atoms with Crippen LogP contribution in [0.1, 0.15) is 17.5 Å². The van der Waals surface area contributed by atoms with E-state index in [2.05, 4.69) is 0 Å². The van der Waals surface area contributed by atoms with Crippen molar-refractivity contribution < 1.29 is 20.1 Å². The van der Waals surface area contributed by atoms with E-state index in [9.17, 15) is 20.1 Å². The Balaban J connectivity index is 1.95. The van der Waals surface area contributed by atoms with Crippen LogP contribution in [-0.4, -0.2) is 33.4 Å². The Labute approximate surface area is 141 Å². The molecule has 128 valence electrons. The van der Waals surface area contributed by atoms with Gasteiger partial charge in [0.25, 0.3) is 0 Å². The van der Waals surface area contributed by atoms with Crippen LogP contribution in [0.3, 0.4) is 0 Å².